The van der Waals surface area contributed by atoms with Crippen LogP contribution in [0.5, 0.6) is 5.75 Å². The van der Waals surface area contributed by atoms with Gasteiger partial charge < -0.3 is 4.74 Å². The molecule has 134 valence electrons. The molecule has 0 aromatic heterocycles. The number of sulfonamides is 1. The average Bonchev–Trinajstić information content (AvgIpc) is 2.55. The molecule has 2 aromatic carbocycles. The number of nitrogens with zero attached hydrogens (tertiary/aromatic N) is 1. The summed E-state index contributed by atoms with van der Waals surface area (Å²) in [5.41, 5.74) is 2.05. The van der Waals surface area contributed by atoms with Gasteiger partial charge in [0.1, 0.15) is 5.75 Å². The summed E-state index contributed by atoms with van der Waals surface area (Å²) >= 11 is 0. The van der Waals surface area contributed by atoms with Crippen molar-refractivity contribution in [2.45, 2.75) is 44.6 Å². The minimum atomic E-state index is -3.70. The molecule has 0 aliphatic heterocycles. The van der Waals surface area contributed by atoms with Crippen molar-refractivity contribution in [3.05, 3.63) is 59.7 Å². The Morgan fingerprint density at radius 1 is 0.960 bits per heavy atom. The van der Waals surface area contributed by atoms with E-state index in [0.29, 0.717) is 11.7 Å². The van der Waals surface area contributed by atoms with Gasteiger partial charge in [-0.05, 0) is 55.2 Å². The number of nitrogens with one attached hydrogen (secondary N) is 1. The summed E-state index contributed by atoms with van der Waals surface area (Å²) in [5, 5.41) is 3.84. The summed E-state index contributed by atoms with van der Waals surface area (Å²) in [6.07, 6.45) is 1.52. The lowest BCUT2D eigenvalue weighted by Crippen LogP contribution is -2.18. The second-order valence-corrected chi connectivity index (χ2v) is 7.97. The molecule has 0 atom stereocenters. The van der Waals surface area contributed by atoms with Crippen molar-refractivity contribution in [2.24, 2.45) is 5.10 Å². The van der Waals surface area contributed by atoms with Crippen molar-refractivity contribution < 1.29 is 13.2 Å². The first-order chi connectivity index (χ1) is 11.8. The molecule has 0 bridgehead atoms. The number of ether oxygens (including phenoxy) is 1. The van der Waals surface area contributed by atoms with E-state index in [1.165, 1.54) is 23.9 Å². The Labute approximate surface area is 149 Å². The van der Waals surface area contributed by atoms with Crippen molar-refractivity contribution in [1.82, 2.24) is 4.83 Å². The Bertz CT molecular complexity index is 809. The fourth-order valence-electron chi connectivity index (χ4n) is 2.16. The van der Waals surface area contributed by atoms with E-state index in [0.717, 1.165) is 5.56 Å². The average molecular weight is 360 g/mol. The molecule has 0 saturated heterocycles. The van der Waals surface area contributed by atoms with Crippen molar-refractivity contribution in [3.63, 3.8) is 0 Å². The topological polar surface area (TPSA) is 67.8 Å². The number of hydrazone groups is 1. The first kappa shape index (κ1) is 19.0. The Kier molecular flexibility index (Phi) is 6.20. The summed E-state index contributed by atoms with van der Waals surface area (Å²) in [5.74, 6) is 1.08. The van der Waals surface area contributed by atoms with Crippen LogP contribution in [0.15, 0.2) is 58.5 Å². The van der Waals surface area contributed by atoms with Gasteiger partial charge in [0.2, 0.25) is 0 Å². The Morgan fingerprint density at radius 2 is 1.56 bits per heavy atom. The Balaban J connectivity index is 2.03. The first-order valence-corrected chi connectivity index (χ1v) is 9.68. The van der Waals surface area contributed by atoms with Crippen molar-refractivity contribution in [2.75, 3.05) is 0 Å². The van der Waals surface area contributed by atoms with E-state index in [2.05, 4.69) is 23.8 Å². The summed E-state index contributed by atoms with van der Waals surface area (Å²) in [6, 6.07) is 14.1. The monoisotopic (exact) mass is 360 g/mol. The fraction of sp³-hybridized carbons (Fsp3) is 0.316. The van der Waals surface area contributed by atoms with Gasteiger partial charge in [0.15, 0.2) is 0 Å². The third-order valence-electron chi connectivity index (χ3n) is 3.50. The van der Waals surface area contributed by atoms with Gasteiger partial charge in [-0.25, -0.2) is 4.83 Å². The Morgan fingerprint density at radius 3 is 2.08 bits per heavy atom. The summed E-state index contributed by atoms with van der Waals surface area (Å²) in [7, 11) is -3.70. The molecule has 0 radical (unpaired) electrons. The maximum atomic E-state index is 12.2. The zero-order chi connectivity index (χ0) is 18.4. The molecule has 0 aliphatic rings. The highest BCUT2D eigenvalue weighted by Gasteiger charge is 2.12. The van der Waals surface area contributed by atoms with Gasteiger partial charge >= 0.3 is 0 Å². The van der Waals surface area contributed by atoms with Crippen LogP contribution in [0.25, 0.3) is 0 Å². The van der Waals surface area contributed by atoms with Gasteiger partial charge in [0, 0.05) is 0 Å². The predicted molar refractivity (Wildman–Crippen MR) is 101 cm³/mol. The van der Waals surface area contributed by atoms with E-state index in [9.17, 15) is 8.42 Å². The molecule has 1 N–H and O–H groups in total. The van der Waals surface area contributed by atoms with Gasteiger partial charge in [-0.2, -0.15) is 13.5 Å². The second-order valence-electron chi connectivity index (χ2n) is 6.31. The SMILES string of the molecule is CC(C)Oc1ccc(S(=O)(=O)N/N=C/c2ccc(C(C)C)cc2)cc1. The summed E-state index contributed by atoms with van der Waals surface area (Å²) in [4.78, 5) is 2.36. The van der Waals surface area contributed by atoms with Crippen LogP contribution in [0, 0.1) is 0 Å². The largest absolute Gasteiger partial charge is 0.491 e. The van der Waals surface area contributed by atoms with Crippen LogP contribution < -0.4 is 9.57 Å². The molecular weight excluding hydrogens is 336 g/mol. The molecule has 6 heteroatoms. The molecular formula is C19H24N2O3S. The van der Waals surface area contributed by atoms with Crippen LogP contribution >= 0.6 is 0 Å². The number of hydrogen-bond acceptors (Lipinski definition) is 4. The smallest absolute Gasteiger partial charge is 0.276 e. The van der Waals surface area contributed by atoms with Crippen molar-refractivity contribution in [3.8, 4) is 5.75 Å². The molecule has 0 fully saturated rings. The predicted octanol–water partition coefficient (Wildman–Crippen LogP) is 3.91. The standard InChI is InChI=1S/C19H24N2O3S/c1-14(2)17-7-5-16(6-8-17)13-20-21-25(22,23)19-11-9-18(10-12-19)24-15(3)4/h5-15,21H,1-4H3/b20-13+. The first-order valence-electron chi connectivity index (χ1n) is 8.19. The maximum absolute atomic E-state index is 12.2. The highest BCUT2D eigenvalue weighted by Crippen LogP contribution is 2.17. The van der Waals surface area contributed by atoms with E-state index < -0.39 is 10.0 Å². The number of hydrogen-bond donors (Lipinski definition) is 1. The lowest BCUT2D eigenvalue weighted by atomic mass is 10.0. The molecule has 0 unspecified atom stereocenters. The molecule has 0 spiro atoms. The summed E-state index contributed by atoms with van der Waals surface area (Å²) in [6.45, 7) is 8.06. The zero-order valence-corrected chi connectivity index (χ0v) is 15.7. The van der Waals surface area contributed by atoms with Crippen LogP contribution in [0.2, 0.25) is 0 Å². The van der Waals surface area contributed by atoms with Gasteiger partial charge in [0.25, 0.3) is 10.0 Å². The maximum Gasteiger partial charge on any atom is 0.276 e. The highest BCUT2D eigenvalue weighted by molar-refractivity contribution is 7.89. The third-order valence-corrected chi connectivity index (χ3v) is 4.73. The van der Waals surface area contributed by atoms with Gasteiger partial charge in [-0.3, -0.25) is 0 Å². The number of rotatable bonds is 7. The number of benzene rings is 2. The van der Waals surface area contributed by atoms with Crippen molar-refractivity contribution >= 4 is 16.2 Å². The summed E-state index contributed by atoms with van der Waals surface area (Å²) < 4.78 is 30.0. The van der Waals surface area contributed by atoms with E-state index in [1.54, 1.807) is 12.1 Å². The lowest BCUT2D eigenvalue weighted by molar-refractivity contribution is 0.242. The molecule has 0 amide bonds. The normalized spacial score (nSPS) is 12.1. The van der Waals surface area contributed by atoms with Crippen molar-refractivity contribution in [1.29, 1.82) is 0 Å². The fourth-order valence-corrected chi connectivity index (χ4v) is 2.95. The van der Waals surface area contributed by atoms with E-state index in [1.807, 2.05) is 38.1 Å². The quantitative estimate of drug-likeness (QED) is 0.601. The van der Waals surface area contributed by atoms with E-state index in [-0.39, 0.29) is 11.0 Å². The molecule has 0 saturated carbocycles. The van der Waals surface area contributed by atoms with E-state index in [4.69, 9.17) is 4.74 Å². The van der Waals surface area contributed by atoms with E-state index >= 15 is 0 Å². The van der Waals surface area contributed by atoms with Gasteiger partial charge in [-0.1, -0.05) is 38.1 Å². The molecule has 5 nitrogen and oxygen atoms in total. The molecule has 2 aromatic rings. The zero-order valence-electron chi connectivity index (χ0n) is 14.9. The van der Waals surface area contributed by atoms with Crippen LogP contribution in [0.4, 0.5) is 0 Å². The van der Waals surface area contributed by atoms with Gasteiger partial charge in [-0.15, -0.1) is 0 Å². The molecule has 0 aliphatic carbocycles. The Hall–Kier alpha value is -2.34. The third kappa shape index (κ3) is 5.60. The molecule has 2 rings (SSSR count). The van der Waals surface area contributed by atoms with Crippen LogP contribution in [0.1, 0.15) is 44.7 Å². The van der Waals surface area contributed by atoms with Crippen LogP contribution in [-0.4, -0.2) is 20.7 Å². The minimum Gasteiger partial charge on any atom is -0.491 e. The second kappa shape index (κ2) is 8.16. The van der Waals surface area contributed by atoms with Crippen LogP contribution in [-0.2, 0) is 10.0 Å². The highest BCUT2D eigenvalue weighted by atomic mass is 32.2. The van der Waals surface area contributed by atoms with Crippen LogP contribution in [0.3, 0.4) is 0 Å². The molecule has 0 heterocycles. The lowest BCUT2D eigenvalue weighted by Gasteiger charge is -2.10. The minimum absolute atomic E-state index is 0.0345. The molecule has 25 heavy (non-hydrogen) atoms. The van der Waals surface area contributed by atoms with Gasteiger partial charge in [0.05, 0.1) is 17.2 Å².